The molecule has 0 radical (unpaired) electrons. The summed E-state index contributed by atoms with van der Waals surface area (Å²) in [7, 11) is 4.30. The summed E-state index contributed by atoms with van der Waals surface area (Å²) >= 11 is 0. The predicted molar refractivity (Wildman–Crippen MR) is 190 cm³/mol. The van der Waals surface area contributed by atoms with Gasteiger partial charge in [0, 0.05) is 57.9 Å². The van der Waals surface area contributed by atoms with Crippen molar-refractivity contribution in [3.63, 3.8) is 0 Å². The first kappa shape index (κ1) is 38.4. The van der Waals surface area contributed by atoms with Crippen LogP contribution < -0.4 is 11.1 Å². The molecular weight excluding hydrogens is 684 g/mol. The fraction of sp³-hybridized carbons (Fsp3) is 0.459. The largest absolute Gasteiger partial charge is 0.453 e. The zero-order chi connectivity index (χ0) is 37.7. The minimum absolute atomic E-state index is 0.198. The highest BCUT2D eigenvalue weighted by molar-refractivity contribution is 5.86. The Morgan fingerprint density at radius 3 is 1.81 bits per heavy atom. The standard InChI is InChI=1S/C37H44N8O8/c1-50-20-16-28(43-37(49)52-3)34(46)44-18-4-6-29(44)32-39-22-26(41-32)14-12-24-8-10-25(11-9-24)13-15-27-23-40-33(42-27)30-7-5-19-45(30)35(47)31(17-21-51-2)53-36(38)48/h8-11,22-23,28-31H,4-7,16-21H2,1-3H3,(H2,38,48)(H,39,41)(H,40,42)(H,43,49)/t28-,29-,30-,31-/m0/s1. The molecule has 2 aliphatic heterocycles. The van der Waals surface area contributed by atoms with Crippen LogP contribution in [-0.4, -0.2) is 114 Å². The van der Waals surface area contributed by atoms with Gasteiger partial charge in [-0.3, -0.25) is 9.59 Å². The minimum atomic E-state index is -1.03. The molecule has 2 saturated heterocycles. The molecule has 53 heavy (non-hydrogen) atoms. The van der Waals surface area contributed by atoms with Gasteiger partial charge in [0.15, 0.2) is 6.10 Å². The second-order valence-electron chi connectivity index (χ2n) is 12.5. The second-order valence-corrected chi connectivity index (χ2v) is 12.5. The number of carbonyl (C=O) groups is 4. The molecule has 2 fully saturated rings. The molecule has 1 aromatic carbocycles. The lowest BCUT2D eigenvalue weighted by Crippen LogP contribution is -2.49. The first-order valence-electron chi connectivity index (χ1n) is 17.3. The van der Waals surface area contributed by atoms with Gasteiger partial charge < -0.3 is 49.8 Å². The number of rotatable bonds is 12. The molecule has 0 bridgehead atoms. The first-order chi connectivity index (χ1) is 25.7. The van der Waals surface area contributed by atoms with Crippen LogP contribution in [0.1, 0.15) is 84.8 Å². The summed E-state index contributed by atoms with van der Waals surface area (Å²) in [6.07, 6.45) is 4.07. The van der Waals surface area contributed by atoms with Gasteiger partial charge in [-0.2, -0.15) is 0 Å². The Labute approximate surface area is 307 Å². The van der Waals surface area contributed by atoms with Crippen molar-refractivity contribution in [2.75, 3.05) is 47.6 Å². The van der Waals surface area contributed by atoms with Crippen molar-refractivity contribution in [3.05, 3.63) is 70.8 Å². The van der Waals surface area contributed by atoms with E-state index in [2.05, 4.69) is 48.9 Å². The van der Waals surface area contributed by atoms with E-state index in [1.165, 1.54) is 21.3 Å². The smallest absolute Gasteiger partial charge is 0.407 e. The van der Waals surface area contributed by atoms with Crippen LogP contribution in [0.2, 0.25) is 0 Å². The van der Waals surface area contributed by atoms with E-state index in [1.54, 1.807) is 22.2 Å². The molecule has 4 amide bonds. The Morgan fingerprint density at radius 1 is 0.811 bits per heavy atom. The van der Waals surface area contributed by atoms with Crippen molar-refractivity contribution in [1.82, 2.24) is 35.1 Å². The van der Waals surface area contributed by atoms with E-state index in [0.717, 1.165) is 30.4 Å². The molecule has 0 unspecified atom stereocenters. The summed E-state index contributed by atoms with van der Waals surface area (Å²) in [5.74, 6) is 13.1. The lowest BCUT2D eigenvalue weighted by atomic mass is 10.1. The van der Waals surface area contributed by atoms with Gasteiger partial charge in [0.1, 0.15) is 29.1 Å². The fourth-order valence-electron chi connectivity index (χ4n) is 6.36. The quantitative estimate of drug-likeness (QED) is 0.201. The van der Waals surface area contributed by atoms with Crippen LogP contribution in [0.4, 0.5) is 9.59 Å². The summed E-state index contributed by atoms with van der Waals surface area (Å²) in [5.41, 5.74) is 7.95. The summed E-state index contributed by atoms with van der Waals surface area (Å²) in [6, 6.07) is 6.12. The number of hydrogen-bond donors (Lipinski definition) is 4. The average molecular weight is 729 g/mol. The predicted octanol–water partition coefficient (Wildman–Crippen LogP) is 2.52. The summed E-state index contributed by atoms with van der Waals surface area (Å²) in [5, 5.41) is 2.61. The number of methoxy groups -OCH3 is 3. The molecule has 16 heteroatoms. The van der Waals surface area contributed by atoms with Crippen molar-refractivity contribution >= 4 is 24.0 Å². The number of ether oxygens (including phenoxy) is 4. The Hall–Kier alpha value is -5.84. The number of aromatic amines is 2. The van der Waals surface area contributed by atoms with Crippen molar-refractivity contribution in [2.24, 2.45) is 5.73 Å². The summed E-state index contributed by atoms with van der Waals surface area (Å²) in [6.45, 7) is 1.59. The van der Waals surface area contributed by atoms with Gasteiger partial charge in [-0.25, -0.2) is 19.6 Å². The maximum atomic E-state index is 13.4. The Morgan fingerprint density at radius 2 is 1.32 bits per heavy atom. The highest BCUT2D eigenvalue weighted by Crippen LogP contribution is 2.32. The zero-order valence-electron chi connectivity index (χ0n) is 30.0. The third-order valence-electron chi connectivity index (χ3n) is 8.97. The maximum absolute atomic E-state index is 13.4. The number of primary amides is 1. The molecule has 5 N–H and O–H groups in total. The van der Waals surface area contributed by atoms with E-state index in [4.69, 9.17) is 24.7 Å². The third-order valence-corrected chi connectivity index (χ3v) is 8.97. The number of nitrogens with zero attached hydrogens (tertiary/aromatic N) is 4. The molecule has 4 heterocycles. The van der Waals surface area contributed by atoms with Crippen LogP contribution >= 0.6 is 0 Å². The Kier molecular flexibility index (Phi) is 13.5. The van der Waals surface area contributed by atoms with Gasteiger partial charge in [0.25, 0.3) is 5.91 Å². The topological polar surface area (TPSA) is 207 Å². The Balaban J connectivity index is 1.19. The van der Waals surface area contributed by atoms with Crippen LogP contribution in [0.5, 0.6) is 0 Å². The Bertz CT molecular complexity index is 1870. The number of benzene rings is 1. The maximum Gasteiger partial charge on any atom is 0.407 e. The number of H-pyrrole nitrogens is 2. The summed E-state index contributed by atoms with van der Waals surface area (Å²) in [4.78, 5) is 68.8. The van der Waals surface area contributed by atoms with Gasteiger partial charge in [-0.1, -0.05) is 11.8 Å². The van der Waals surface area contributed by atoms with Crippen molar-refractivity contribution in [2.45, 2.75) is 62.8 Å². The van der Waals surface area contributed by atoms with Crippen LogP contribution in [0.15, 0.2) is 36.7 Å². The zero-order valence-corrected chi connectivity index (χ0v) is 30.0. The molecule has 4 atom stereocenters. The summed E-state index contributed by atoms with van der Waals surface area (Å²) < 4.78 is 20.0. The van der Waals surface area contributed by atoms with E-state index in [1.807, 2.05) is 24.3 Å². The number of carbonyl (C=O) groups excluding carboxylic acids is 4. The van der Waals surface area contributed by atoms with Gasteiger partial charge in [-0.05, 0) is 61.8 Å². The molecule has 2 aliphatic rings. The molecule has 0 saturated carbocycles. The lowest BCUT2D eigenvalue weighted by molar-refractivity contribution is -0.142. The van der Waals surface area contributed by atoms with Crippen LogP contribution in [0.25, 0.3) is 0 Å². The van der Waals surface area contributed by atoms with Gasteiger partial charge >= 0.3 is 12.2 Å². The molecular formula is C37H44N8O8. The van der Waals surface area contributed by atoms with E-state index in [-0.39, 0.29) is 36.9 Å². The molecule has 16 nitrogen and oxygen atoms in total. The molecule has 0 aliphatic carbocycles. The van der Waals surface area contributed by atoms with Crippen LogP contribution in [0.3, 0.4) is 0 Å². The molecule has 280 valence electrons. The van der Waals surface area contributed by atoms with Crippen LogP contribution in [-0.2, 0) is 28.5 Å². The highest BCUT2D eigenvalue weighted by Gasteiger charge is 2.38. The average Bonchev–Trinajstić information content (AvgIpc) is 4.00. The number of likely N-dealkylation sites (tertiary alicyclic amines) is 2. The van der Waals surface area contributed by atoms with Crippen molar-refractivity contribution in [1.29, 1.82) is 0 Å². The van der Waals surface area contributed by atoms with E-state index >= 15 is 0 Å². The SMILES string of the molecule is COCC[C@H](NC(=O)OC)C(=O)N1CCC[C@H]1c1ncc(C#Cc2ccc(C#Cc3cnc([C@@H]4CCCN4C(=O)[C@H](CCOC)OC(N)=O)[nH]3)cc2)[nH]1. The van der Waals surface area contributed by atoms with E-state index in [0.29, 0.717) is 55.6 Å². The fourth-order valence-corrected chi connectivity index (χ4v) is 6.36. The number of hydrogen-bond acceptors (Lipinski definition) is 10. The van der Waals surface area contributed by atoms with Gasteiger partial charge in [0.05, 0.1) is 38.2 Å². The number of aromatic nitrogens is 4. The lowest BCUT2D eigenvalue weighted by Gasteiger charge is -2.28. The molecule has 0 spiro atoms. The number of amides is 4. The number of alkyl carbamates (subject to hydrolysis) is 1. The second kappa shape index (κ2) is 18.6. The number of nitrogens with one attached hydrogen (secondary N) is 3. The number of imidazole rings is 2. The monoisotopic (exact) mass is 728 g/mol. The molecule has 3 aromatic rings. The first-order valence-corrected chi connectivity index (χ1v) is 17.3. The van der Waals surface area contributed by atoms with Gasteiger partial charge in [0.2, 0.25) is 5.91 Å². The normalized spacial score (nSPS) is 17.6. The number of nitrogens with two attached hydrogens (primary N) is 1. The third kappa shape index (κ3) is 10.2. The highest BCUT2D eigenvalue weighted by atomic mass is 16.6. The van der Waals surface area contributed by atoms with Crippen molar-refractivity contribution < 1.29 is 38.1 Å². The van der Waals surface area contributed by atoms with Crippen molar-refractivity contribution in [3.8, 4) is 23.7 Å². The minimum Gasteiger partial charge on any atom is -0.453 e. The van der Waals surface area contributed by atoms with Gasteiger partial charge in [-0.15, -0.1) is 0 Å². The van der Waals surface area contributed by atoms with Crippen LogP contribution in [0, 0.1) is 23.7 Å². The van der Waals surface area contributed by atoms with E-state index < -0.39 is 24.3 Å². The van der Waals surface area contributed by atoms with E-state index in [9.17, 15) is 19.2 Å². The molecule has 5 rings (SSSR count). The molecule has 2 aromatic heterocycles.